The molecule has 3 aromatic rings. The molecule has 0 radical (unpaired) electrons. The Morgan fingerprint density at radius 1 is 1.26 bits per heavy atom. The van der Waals surface area contributed by atoms with Crippen molar-refractivity contribution >= 4 is 51.0 Å². The minimum absolute atomic E-state index is 0.228. The molecular formula is C16H14Cl2N2O3. The zero-order valence-electron chi connectivity index (χ0n) is 12.6. The first kappa shape index (κ1) is 16.1. The van der Waals surface area contributed by atoms with E-state index in [4.69, 9.17) is 32.7 Å². The summed E-state index contributed by atoms with van der Waals surface area (Å²) in [5.41, 5.74) is 2.49. The highest BCUT2D eigenvalue weighted by Crippen LogP contribution is 2.35. The normalized spacial score (nSPS) is 11.3. The zero-order chi connectivity index (χ0) is 16.6. The smallest absolute Gasteiger partial charge is 0.357 e. The molecule has 2 aromatic heterocycles. The maximum Gasteiger partial charge on any atom is 0.357 e. The Morgan fingerprint density at radius 3 is 2.70 bits per heavy atom. The summed E-state index contributed by atoms with van der Waals surface area (Å²) in [5, 5.41) is 2.59. The highest BCUT2D eigenvalue weighted by molar-refractivity contribution is 6.43. The van der Waals surface area contributed by atoms with Crippen molar-refractivity contribution in [3.63, 3.8) is 0 Å². The number of carbonyl (C=O) groups is 1. The van der Waals surface area contributed by atoms with Gasteiger partial charge in [0, 0.05) is 29.0 Å². The first-order chi connectivity index (χ1) is 11.1. The molecule has 0 aliphatic heterocycles. The second kappa shape index (κ2) is 6.35. The zero-order valence-corrected chi connectivity index (χ0v) is 14.1. The van der Waals surface area contributed by atoms with Gasteiger partial charge >= 0.3 is 5.97 Å². The van der Waals surface area contributed by atoms with Crippen LogP contribution in [0.3, 0.4) is 0 Å². The van der Waals surface area contributed by atoms with E-state index in [-0.39, 0.29) is 18.9 Å². The third kappa shape index (κ3) is 2.76. The second-order valence-electron chi connectivity index (χ2n) is 4.96. The Balaban J connectivity index is 2.35. The molecule has 0 atom stereocenters. The molecule has 0 aliphatic carbocycles. The molecule has 0 fully saturated rings. The van der Waals surface area contributed by atoms with Crippen LogP contribution in [0.5, 0.6) is 0 Å². The molecule has 0 amide bonds. The minimum Gasteiger partial charge on any atom is -0.461 e. The highest BCUT2D eigenvalue weighted by atomic mass is 35.5. The van der Waals surface area contributed by atoms with E-state index in [9.17, 15) is 4.79 Å². The summed E-state index contributed by atoms with van der Waals surface area (Å²) in [4.78, 5) is 19.6. The maximum absolute atomic E-state index is 12.2. The summed E-state index contributed by atoms with van der Waals surface area (Å²) < 4.78 is 10.3. The molecule has 2 heterocycles. The number of H-pyrrole nitrogens is 1. The van der Waals surface area contributed by atoms with Crippen molar-refractivity contribution in [2.45, 2.75) is 13.5 Å². The van der Waals surface area contributed by atoms with Crippen molar-refractivity contribution in [3.05, 3.63) is 39.6 Å². The number of hydrogen-bond donors (Lipinski definition) is 1. The summed E-state index contributed by atoms with van der Waals surface area (Å²) in [7, 11) is 1.56. The van der Waals surface area contributed by atoms with Gasteiger partial charge in [0.05, 0.1) is 35.0 Å². The summed E-state index contributed by atoms with van der Waals surface area (Å²) in [6.07, 6.45) is 1.60. The van der Waals surface area contributed by atoms with Gasteiger partial charge in [-0.15, -0.1) is 0 Å². The lowest BCUT2D eigenvalue weighted by Gasteiger charge is -2.09. The van der Waals surface area contributed by atoms with Crippen molar-refractivity contribution in [1.29, 1.82) is 0 Å². The van der Waals surface area contributed by atoms with Gasteiger partial charge in [0.2, 0.25) is 0 Å². The Hall–Kier alpha value is -1.82. The summed E-state index contributed by atoms with van der Waals surface area (Å²) in [6.45, 7) is 2.26. The van der Waals surface area contributed by atoms with Crippen molar-refractivity contribution in [1.82, 2.24) is 9.97 Å². The number of esters is 1. The lowest BCUT2D eigenvalue weighted by molar-refractivity contribution is 0.0514. The van der Waals surface area contributed by atoms with Gasteiger partial charge in [-0.25, -0.2) is 9.78 Å². The molecule has 1 aromatic carbocycles. The van der Waals surface area contributed by atoms with Crippen LogP contribution in [-0.4, -0.2) is 29.7 Å². The number of nitrogens with one attached hydrogen (secondary N) is 1. The number of nitrogens with zero attached hydrogens (tertiary/aromatic N) is 1. The number of aromatic amines is 1. The summed E-state index contributed by atoms with van der Waals surface area (Å²) in [6, 6.07) is 3.52. The standard InChI is InChI=1S/C16H14Cl2N2O3/c1-3-23-16(21)15-9(7-22-2)14-8-4-10(17)11(18)5-12(8)20-13(14)6-19-15/h4-6,20H,3,7H2,1-2H3. The topological polar surface area (TPSA) is 64.2 Å². The van der Waals surface area contributed by atoms with Gasteiger partial charge in [-0.2, -0.15) is 0 Å². The fraction of sp³-hybridized carbons (Fsp3) is 0.250. The Morgan fingerprint density at radius 2 is 2.00 bits per heavy atom. The Labute approximate surface area is 142 Å². The van der Waals surface area contributed by atoms with Gasteiger partial charge < -0.3 is 14.5 Å². The van der Waals surface area contributed by atoms with Crippen LogP contribution in [-0.2, 0) is 16.1 Å². The number of halogens is 2. The van der Waals surface area contributed by atoms with E-state index in [1.807, 2.05) is 0 Å². The summed E-state index contributed by atoms with van der Waals surface area (Å²) >= 11 is 12.2. The van der Waals surface area contributed by atoms with Crippen LogP contribution in [0.4, 0.5) is 0 Å². The molecule has 0 aliphatic rings. The van der Waals surface area contributed by atoms with E-state index >= 15 is 0 Å². The van der Waals surface area contributed by atoms with Crippen molar-refractivity contribution in [2.24, 2.45) is 0 Å². The molecular weight excluding hydrogens is 339 g/mol. The average Bonchev–Trinajstić information content (AvgIpc) is 2.86. The average molecular weight is 353 g/mol. The van der Waals surface area contributed by atoms with Gasteiger partial charge in [0.15, 0.2) is 5.69 Å². The van der Waals surface area contributed by atoms with E-state index in [2.05, 4.69) is 9.97 Å². The molecule has 0 spiro atoms. The molecule has 0 saturated carbocycles. The SMILES string of the molecule is CCOC(=O)c1ncc2[nH]c3cc(Cl)c(Cl)cc3c2c1COC. The first-order valence-electron chi connectivity index (χ1n) is 7.01. The molecule has 5 nitrogen and oxygen atoms in total. The van der Waals surface area contributed by atoms with Crippen molar-refractivity contribution in [2.75, 3.05) is 13.7 Å². The van der Waals surface area contributed by atoms with Crippen LogP contribution in [0.25, 0.3) is 21.8 Å². The summed E-state index contributed by atoms with van der Waals surface area (Å²) in [5.74, 6) is -0.476. The fourth-order valence-corrected chi connectivity index (χ4v) is 2.94. The third-order valence-corrected chi connectivity index (χ3v) is 4.26. The second-order valence-corrected chi connectivity index (χ2v) is 5.78. The van der Waals surface area contributed by atoms with Crippen molar-refractivity contribution in [3.8, 4) is 0 Å². The maximum atomic E-state index is 12.2. The molecule has 120 valence electrons. The Kier molecular flexibility index (Phi) is 4.43. The number of aromatic nitrogens is 2. The lowest BCUT2D eigenvalue weighted by Crippen LogP contribution is -2.11. The van der Waals surface area contributed by atoms with Crippen LogP contribution in [0.1, 0.15) is 23.0 Å². The van der Waals surface area contributed by atoms with E-state index in [1.54, 1.807) is 32.4 Å². The number of pyridine rings is 1. The lowest BCUT2D eigenvalue weighted by atomic mass is 10.1. The predicted molar refractivity (Wildman–Crippen MR) is 90.3 cm³/mol. The van der Waals surface area contributed by atoms with Crippen LogP contribution >= 0.6 is 23.2 Å². The molecule has 0 bridgehead atoms. The number of methoxy groups -OCH3 is 1. The van der Waals surface area contributed by atoms with Gasteiger partial charge in [0.1, 0.15) is 0 Å². The minimum atomic E-state index is -0.476. The Bertz CT molecular complexity index is 905. The van der Waals surface area contributed by atoms with Crippen molar-refractivity contribution < 1.29 is 14.3 Å². The highest BCUT2D eigenvalue weighted by Gasteiger charge is 2.20. The van der Waals surface area contributed by atoms with E-state index in [0.717, 1.165) is 21.8 Å². The number of hydrogen-bond acceptors (Lipinski definition) is 4. The number of carbonyl (C=O) groups excluding carboxylic acids is 1. The number of rotatable bonds is 4. The molecule has 7 heteroatoms. The predicted octanol–water partition coefficient (Wildman–Crippen LogP) is 4.35. The van der Waals surface area contributed by atoms with Crippen LogP contribution < -0.4 is 0 Å². The van der Waals surface area contributed by atoms with E-state index in [0.29, 0.717) is 15.6 Å². The molecule has 3 rings (SSSR count). The quantitative estimate of drug-likeness (QED) is 0.709. The van der Waals surface area contributed by atoms with Crippen LogP contribution in [0.15, 0.2) is 18.3 Å². The molecule has 23 heavy (non-hydrogen) atoms. The van der Waals surface area contributed by atoms with Gasteiger partial charge in [-0.05, 0) is 19.1 Å². The monoisotopic (exact) mass is 352 g/mol. The number of fused-ring (bicyclic) bond motifs is 3. The van der Waals surface area contributed by atoms with E-state index < -0.39 is 5.97 Å². The first-order valence-corrected chi connectivity index (χ1v) is 7.76. The molecule has 0 saturated heterocycles. The molecule has 1 N–H and O–H groups in total. The number of benzene rings is 1. The molecule has 0 unspecified atom stereocenters. The largest absolute Gasteiger partial charge is 0.461 e. The van der Waals surface area contributed by atoms with Crippen LogP contribution in [0.2, 0.25) is 10.0 Å². The van der Waals surface area contributed by atoms with Crippen LogP contribution in [0, 0.1) is 0 Å². The fourth-order valence-electron chi connectivity index (χ4n) is 2.62. The van der Waals surface area contributed by atoms with E-state index in [1.165, 1.54) is 0 Å². The van der Waals surface area contributed by atoms with Gasteiger partial charge in [0.25, 0.3) is 0 Å². The van der Waals surface area contributed by atoms with Gasteiger partial charge in [-0.3, -0.25) is 0 Å². The third-order valence-electron chi connectivity index (χ3n) is 3.54. The van der Waals surface area contributed by atoms with Gasteiger partial charge in [-0.1, -0.05) is 23.2 Å². The number of ether oxygens (including phenoxy) is 2.